The lowest BCUT2D eigenvalue weighted by molar-refractivity contribution is 0.613. The van der Waals surface area contributed by atoms with Crippen LogP contribution in [-0.2, 0) is 13.0 Å². The molecule has 5 heteroatoms. The molecule has 0 saturated heterocycles. The number of nitrogens with one attached hydrogen (secondary N) is 1. The van der Waals surface area contributed by atoms with Crippen molar-refractivity contribution >= 4 is 27.3 Å². The number of thiazole rings is 1. The molecule has 0 amide bonds. The van der Waals surface area contributed by atoms with Crippen molar-refractivity contribution in [2.24, 2.45) is 0 Å². The molecule has 0 aliphatic heterocycles. The highest BCUT2D eigenvalue weighted by molar-refractivity contribution is 9.10. The van der Waals surface area contributed by atoms with Gasteiger partial charge in [0.05, 0.1) is 9.48 Å². The third kappa shape index (κ3) is 3.87. The minimum Gasteiger partial charge on any atom is -0.312 e. The predicted molar refractivity (Wildman–Crippen MR) is 71.6 cm³/mol. The van der Waals surface area contributed by atoms with Crippen molar-refractivity contribution in [1.82, 2.24) is 10.3 Å². The molecule has 0 bridgehead atoms. The average Bonchev–Trinajstić information content (AvgIpc) is 2.82. The lowest BCUT2D eigenvalue weighted by atomic mass is 10.2. The Morgan fingerprint density at radius 1 is 1.41 bits per heavy atom. The molecule has 0 aliphatic carbocycles. The van der Waals surface area contributed by atoms with Gasteiger partial charge in [-0.25, -0.2) is 9.37 Å². The van der Waals surface area contributed by atoms with Crippen LogP contribution >= 0.6 is 27.3 Å². The Hall–Kier alpha value is -0.780. The van der Waals surface area contributed by atoms with Crippen LogP contribution in [-0.4, -0.2) is 11.5 Å². The van der Waals surface area contributed by atoms with Crippen LogP contribution in [0, 0.1) is 5.82 Å². The summed E-state index contributed by atoms with van der Waals surface area (Å²) in [7, 11) is 0. The molecule has 0 radical (unpaired) electrons. The molecular formula is C12H12BrFN2S. The van der Waals surface area contributed by atoms with Gasteiger partial charge in [-0.05, 0) is 33.6 Å². The van der Waals surface area contributed by atoms with E-state index in [9.17, 15) is 4.39 Å². The summed E-state index contributed by atoms with van der Waals surface area (Å²) in [5.74, 6) is -0.218. The standard InChI is InChI=1S/C12H12BrFN2S/c13-10-2-1-9(7-11(10)14)8-15-4-3-12-16-5-6-17-12/h1-2,5-7,15H,3-4,8H2. The normalized spacial score (nSPS) is 10.7. The summed E-state index contributed by atoms with van der Waals surface area (Å²) in [4.78, 5) is 4.20. The number of benzene rings is 1. The van der Waals surface area contributed by atoms with Gasteiger partial charge < -0.3 is 5.32 Å². The van der Waals surface area contributed by atoms with Crippen LogP contribution in [0.15, 0.2) is 34.2 Å². The van der Waals surface area contributed by atoms with E-state index in [-0.39, 0.29) is 5.82 Å². The van der Waals surface area contributed by atoms with Gasteiger partial charge in [-0.1, -0.05) is 6.07 Å². The molecule has 1 heterocycles. The van der Waals surface area contributed by atoms with Crippen molar-refractivity contribution in [3.63, 3.8) is 0 Å². The molecule has 0 spiro atoms. The van der Waals surface area contributed by atoms with E-state index in [1.54, 1.807) is 23.5 Å². The quantitative estimate of drug-likeness (QED) is 0.856. The summed E-state index contributed by atoms with van der Waals surface area (Å²) < 4.78 is 13.7. The Bertz CT molecular complexity index is 473. The van der Waals surface area contributed by atoms with Gasteiger partial charge >= 0.3 is 0 Å². The molecule has 0 aliphatic rings. The van der Waals surface area contributed by atoms with Crippen LogP contribution in [0.4, 0.5) is 4.39 Å². The van der Waals surface area contributed by atoms with Crippen molar-refractivity contribution in [3.8, 4) is 0 Å². The second kappa shape index (κ2) is 6.23. The first-order chi connectivity index (χ1) is 8.25. The van der Waals surface area contributed by atoms with Crippen molar-refractivity contribution in [3.05, 3.63) is 50.6 Å². The van der Waals surface area contributed by atoms with Gasteiger partial charge in [0.25, 0.3) is 0 Å². The highest BCUT2D eigenvalue weighted by Crippen LogP contribution is 2.16. The zero-order valence-electron chi connectivity index (χ0n) is 9.12. The molecule has 0 atom stereocenters. The lowest BCUT2D eigenvalue weighted by Gasteiger charge is -2.04. The maximum Gasteiger partial charge on any atom is 0.137 e. The number of aromatic nitrogens is 1. The van der Waals surface area contributed by atoms with Crippen molar-refractivity contribution in [1.29, 1.82) is 0 Å². The van der Waals surface area contributed by atoms with Crippen LogP contribution in [0.1, 0.15) is 10.6 Å². The Morgan fingerprint density at radius 3 is 3.00 bits per heavy atom. The molecule has 90 valence electrons. The fraction of sp³-hybridized carbons (Fsp3) is 0.250. The average molecular weight is 315 g/mol. The van der Waals surface area contributed by atoms with Crippen LogP contribution in [0.25, 0.3) is 0 Å². The van der Waals surface area contributed by atoms with E-state index in [2.05, 4.69) is 26.2 Å². The smallest absolute Gasteiger partial charge is 0.137 e. The van der Waals surface area contributed by atoms with E-state index in [0.29, 0.717) is 11.0 Å². The van der Waals surface area contributed by atoms with E-state index < -0.39 is 0 Å². The van der Waals surface area contributed by atoms with Gasteiger partial charge in [0.1, 0.15) is 5.82 Å². The summed E-state index contributed by atoms with van der Waals surface area (Å²) in [5, 5.41) is 6.37. The number of rotatable bonds is 5. The molecule has 2 aromatic rings. The summed E-state index contributed by atoms with van der Waals surface area (Å²) in [6, 6.07) is 5.18. The summed E-state index contributed by atoms with van der Waals surface area (Å²) in [6.07, 6.45) is 2.72. The number of halogens is 2. The van der Waals surface area contributed by atoms with Gasteiger partial charge in [0.15, 0.2) is 0 Å². The van der Waals surface area contributed by atoms with Gasteiger partial charge in [0.2, 0.25) is 0 Å². The Kier molecular flexibility index (Phi) is 4.65. The molecule has 0 unspecified atom stereocenters. The molecule has 1 aromatic carbocycles. The minimum atomic E-state index is -0.218. The molecular weight excluding hydrogens is 303 g/mol. The first-order valence-electron chi connectivity index (χ1n) is 5.29. The maximum atomic E-state index is 13.2. The van der Waals surface area contributed by atoms with E-state index in [0.717, 1.165) is 23.5 Å². The first-order valence-corrected chi connectivity index (χ1v) is 6.96. The summed E-state index contributed by atoms with van der Waals surface area (Å²) >= 11 is 4.79. The Morgan fingerprint density at radius 2 is 2.29 bits per heavy atom. The molecule has 1 aromatic heterocycles. The summed E-state index contributed by atoms with van der Waals surface area (Å²) in [6.45, 7) is 1.53. The van der Waals surface area contributed by atoms with E-state index >= 15 is 0 Å². The molecule has 0 fully saturated rings. The van der Waals surface area contributed by atoms with Gasteiger partial charge in [-0.3, -0.25) is 0 Å². The molecule has 17 heavy (non-hydrogen) atoms. The number of nitrogens with zero attached hydrogens (tertiary/aromatic N) is 1. The van der Waals surface area contributed by atoms with Gasteiger partial charge in [-0.2, -0.15) is 0 Å². The fourth-order valence-electron chi connectivity index (χ4n) is 1.45. The van der Waals surface area contributed by atoms with Gasteiger partial charge in [0, 0.05) is 31.1 Å². The summed E-state index contributed by atoms with van der Waals surface area (Å²) in [5.41, 5.74) is 0.949. The van der Waals surface area contributed by atoms with Crippen LogP contribution < -0.4 is 5.32 Å². The van der Waals surface area contributed by atoms with Crippen molar-refractivity contribution in [2.75, 3.05) is 6.54 Å². The SMILES string of the molecule is Fc1cc(CNCCc2nccs2)ccc1Br. The second-order valence-electron chi connectivity index (χ2n) is 3.60. The molecule has 0 saturated carbocycles. The highest BCUT2D eigenvalue weighted by atomic mass is 79.9. The predicted octanol–water partition coefficient (Wildman–Crippen LogP) is 3.38. The number of hydrogen-bond donors (Lipinski definition) is 1. The minimum absolute atomic E-state index is 0.218. The second-order valence-corrected chi connectivity index (χ2v) is 5.43. The van der Waals surface area contributed by atoms with Crippen LogP contribution in [0.5, 0.6) is 0 Å². The molecule has 2 rings (SSSR count). The highest BCUT2D eigenvalue weighted by Gasteiger charge is 2.00. The van der Waals surface area contributed by atoms with E-state index in [4.69, 9.17) is 0 Å². The largest absolute Gasteiger partial charge is 0.312 e. The van der Waals surface area contributed by atoms with Gasteiger partial charge in [-0.15, -0.1) is 11.3 Å². The zero-order valence-corrected chi connectivity index (χ0v) is 11.5. The third-order valence-electron chi connectivity index (χ3n) is 2.31. The Labute approximate surface area is 112 Å². The van der Waals surface area contributed by atoms with Crippen molar-refractivity contribution < 1.29 is 4.39 Å². The fourth-order valence-corrected chi connectivity index (χ4v) is 2.32. The monoisotopic (exact) mass is 314 g/mol. The molecule has 1 N–H and O–H groups in total. The van der Waals surface area contributed by atoms with Crippen molar-refractivity contribution in [2.45, 2.75) is 13.0 Å². The maximum absolute atomic E-state index is 13.2. The Balaban J connectivity index is 1.76. The first kappa shape index (κ1) is 12.7. The third-order valence-corrected chi connectivity index (χ3v) is 3.79. The van der Waals surface area contributed by atoms with Crippen LogP contribution in [0.2, 0.25) is 0 Å². The van der Waals surface area contributed by atoms with E-state index in [1.165, 1.54) is 0 Å². The van der Waals surface area contributed by atoms with E-state index in [1.807, 2.05) is 17.6 Å². The molecule has 2 nitrogen and oxygen atoms in total. The number of hydrogen-bond acceptors (Lipinski definition) is 3. The topological polar surface area (TPSA) is 24.9 Å². The zero-order chi connectivity index (χ0) is 12.1. The van der Waals surface area contributed by atoms with Crippen LogP contribution in [0.3, 0.4) is 0 Å². The lowest BCUT2D eigenvalue weighted by Crippen LogP contribution is -2.16.